The van der Waals surface area contributed by atoms with Crippen LogP contribution in [-0.4, -0.2) is 40.6 Å². The highest BCUT2D eigenvalue weighted by molar-refractivity contribution is 7.16. The van der Waals surface area contributed by atoms with E-state index in [1.54, 1.807) is 24.3 Å². The van der Waals surface area contributed by atoms with E-state index in [0.29, 0.717) is 22.3 Å². The molecule has 37 heavy (non-hydrogen) atoms. The average molecular weight is 535 g/mol. The number of likely N-dealkylation sites (tertiary alicyclic amines) is 1. The first-order chi connectivity index (χ1) is 18.0. The van der Waals surface area contributed by atoms with Crippen LogP contribution in [0.1, 0.15) is 16.9 Å². The number of hydrogen-bond acceptors (Lipinski definition) is 4. The second-order valence-electron chi connectivity index (χ2n) is 8.72. The van der Waals surface area contributed by atoms with Gasteiger partial charge in [-0.3, -0.25) is 4.79 Å². The predicted molar refractivity (Wildman–Crippen MR) is 146 cm³/mol. The van der Waals surface area contributed by atoms with Crippen LogP contribution in [0.3, 0.4) is 0 Å². The fraction of sp³-hybridized carbons (Fsp3) is 0.179. The molecule has 188 valence electrons. The van der Waals surface area contributed by atoms with Gasteiger partial charge in [-0.15, -0.1) is 11.3 Å². The van der Waals surface area contributed by atoms with Crippen LogP contribution in [0.25, 0.3) is 11.3 Å². The van der Waals surface area contributed by atoms with Crippen LogP contribution in [0.2, 0.25) is 5.02 Å². The second kappa shape index (κ2) is 11.1. The standard InChI is InChI=1S/C28H24ClFN4O2S/c29-21-13-7-8-14-22(21)31-28(36)34-17-20(30)16-23(34)26(35)33-27-32-25(19-11-5-2-6-12-19)24(37-27)15-18-9-3-1-4-10-18/h1-14,20,23H,15-17H2,(H,31,36)(H,32,33,35)/t20-,23+/m1/s1. The van der Waals surface area contributed by atoms with E-state index in [-0.39, 0.29) is 13.0 Å². The van der Waals surface area contributed by atoms with Crippen molar-refractivity contribution in [3.63, 3.8) is 0 Å². The van der Waals surface area contributed by atoms with Crippen LogP contribution in [0.4, 0.5) is 20.0 Å². The van der Waals surface area contributed by atoms with Crippen molar-refractivity contribution in [3.8, 4) is 11.3 Å². The van der Waals surface area contributed by atoms with Gasteiger partial charge in [-0.05, 0) is 17.7 Å². The number of aromatic nitrogens is 1. The number of rotatable bonds is 6. The molecule has 1 aromatic heterocycles. The third kappa shape index (κ3) is 5.81. The summed E-state index contributed by atoms with van der Waals surface area (Å²) < 4.78 is 14.4. The number of urea groups is 1. The number of halogens is 2. The molecule has 3 amide bonds. The molecule has 0 unspecified atom stereocenters. The summed E-state index contributed by atoms with van der Waals surface area (Å²) in [6.45, 7) is -0.180. The van der Waals surface area contributed by atoms with Crippen molar-refractivity contribution < 1.29 is 14.0 Å². The number of nitrogens with zero attached hydrogens (tertiary/aromatic N) is 2. The minimum absolute atomic E-state index is 0.0877. The van der Waals surface area contributed by atoms with Gasteiger partial charge in [-0.1, -0.05) is 84.4 Å². The molecule has 1 aliphatic heterocycles. The molecule has 3 aromatic carbocycles. The van der Waals surface area contributed by atoms with Crippen molar-refractivity contribution in [2.24, 2.45) is 0 Å². The van der Waals surface area contributed by atoms with Crippen molar-refractivity contribution in [3.05, 3.63) is 100 Å². The molecule has 2 atom stereocenters. The number of carbonyl (C=O) groups is 2. The van der Waals surface area contributed by atoms with Crippen molar-refractivity contribution in [1.82, 2.24) is 9.88 Å². The van der Waals surface area contributed by atoms with Crippen LogP contribution >= 0.6 is 22.9 Å². The Morgan fingerprint density at radius 3 is 2.38 bits per heavy atom. The van der Waals surface area contributed by atoms with Crippen LogP contribution in [-0.2, 0) is 11.2 Å². The number of carbonyl (C=O) groups excluding carboxylic acids is 2. The van der Waals surface area contributed by atoms with Gasteiger partial charge in [0.2, 0.25) is 5.91 Å². The smallest absolute Gasteiger partial charge is 0.309 e. The molecular formula is C28H24ClFN4O2S. The van der Waals surface area contributed by atoms with Crippen molar-refractivity contribution in [2.45, 2.75) is 25.1 Å². The molecule has 0 radical (unpaired) electrons. The van der Waals surface area contributed by atoms with Gasteiger partial charge in [0.25, 0.3) is 0 Å². The van der Waals surface area contributed by atoms with Crippen molar-refractivity contribution >= 4 is 45.7 Å². The SMILES string of the molecule is O=C(Nc1nc(-c2ccccc2)c(Cc2ccccc2)s1)[C@@H]1C[C@@H](F)CN1C(=O)Nc1ccccc1Cl. The molecule has 6 nitrogen and oxygen atoms in total. The lowest BCUT2D eigenvalue weighted by atomic mass is 10.1. The van der Waals surface area contributed by atoms with E-state index in [1.807, 2.05) is 60.7 Å². The average Bonchev–Trinajstić information content (AvgIpc) is 3.49. The summed E-state index contributed by atoms with van der Waals surface area (Å²) in [4.78, 5) is 33.1. The van der Waals surface area contributed by atoms with Crippen molar-refractivity contribution in [1.29, 1.82) is 0 Å². The first-order valence-corrected chi connectivity index (χ1v) is 13.0. The highest BCUT2D eigenvalue weighted by Gasteiger charge is 2.40. The molecule has 0 bridgehead atoms. The Hall–Kier alpha value is -3.75. The van der Waals surface area contributed by atoms with E-state index in [9.17, 15) is 14.0 Å². The highest BCUT2D eigenvalue weighted by atomic mass is 35.5. The quantitative estimate of drug-likeness (QED) is 0.291. The minimum Gasteiger partial charge on any atom is -0.309 e. The summed E-state index contributed by atoms with van der Waals surface area (Å²) in [6.07, 6.45) is -0.742. The minimum atomic E-state index is -1.31. The van der Waals surface area contributed by atoms with Gasteiger partial charge in [0.1, 0.15) is 12.2 Å². The van der Waals surface area contributed by atoms with Crippen LogP contribution in [0, 0.1) is 0 Å². The molecule has 0 aliphatic carbocycles. The zero-order valence-electron chi connectivity index (χ0n) is 19.7. The van der Waals surface area contributed by atoms with E-state index in [1.165, 1.54) is 16.2 Å². The molecule has 2 N–H and O–H groups in total. The first kappa shape index (κ1) is 24.9. The van der Waals surface area contributed by atoms with Gasteiger partial charge in [0, 0.05) is 23.3 Å². The summed E-state index contributed by atoms with van der Waals surface area (Å²) >= 11 is 7.52. The molecule has 1 fully saturated rings. The van der Waals surface area contributed by atoms with Gasteiger partial charge in [-0.2, -0.15) is 0 Å². The largest absolute Gasteiger partial charge is 0.322 e. The van der Waals surface area contributed by atoms with E-state index in [2.05, 4.69) is 10.6 Å². The zero-order chi connectivity index (χ0) is 25.8. The highest BCUT2D eigenvalue weighted by Crippen LogP contribution is 2.34. The van der Waals surface area contributed by atoms with Gasteiger partial charge in [-0.25, -0.2) is 14.2 Å². The lowest BCUT2D eigenvalue weighted by molar-refractivity contribution is -0.119. The maximum absolute atomic E-state index is 14.4. The lowest BCUT2D eigenvalue weighted by Gasteiger charge is -2.23. The van der Waals surface area contributed by atoms with E-state index >= 15 is 0 Å². The number of hydrogen-bond donors (Lipinski definition) is 2. The summed E-state index contributed by atoms with van der Waals surface area (Å²) in [5.41, 5.74) is 3.25. The third-order valence-corrected chi connectivity index (χ3v) is 7.41. The maximum Gasteiger partial charge on any atom is 0.322 e. The number of benzene rings is 3. The van der Waals surface area contributed by atoms with Crippen molar-refractivity contribution in [2.75, 3.05) is 17.2 Å². The molecule has 2 heterocycles. The summed E-state index contributed by atoms with van der Waals surface area (Å²) in [6, 6.07) is 25.0. The third-order valence-electron chi connectivity index (χ3n) is 6.11. The number of thiazole rings is 1. The Bertz CT molecular complexity index is 1400. The Balaban J connectivity index is 1.36. The summed E-state index contributed by atoms with van der Waals surface area (Å²) in [5.74, 6) is -0.478. The number of para-hydroxylation sites is 1. The number of nitrogens with one attached hydrogen (secondary N) is 2. The zero-order valence-corrected chi connectivity index (χ0v) is 21.3. The molecule has 0 saturated carbocycles. The fourth-order valence-electron chi connectivity index (χ4n) is 4.32. The molecule has 4 aromatic rings. The number of anilines is 2. The topological polar surface area (TPSA) is 74.3 Å². The Morgan fingerprint density at radius 1 is 0.973 bits per heavy atom. The number of alkyl halides is 1. The Kier molecular flexibility index (Phi) is 7.48. The van der Waals surface area contributed by atoms with E-state index in [0.717, 1.165) is 21.7 Å². The second-order valence-corrected chi connectivity index (χ2v) is 10.2. The molecule has 0 spiro atoms. The van der Waals surface area contributed by atoms with Gasteiger partial charge in [0.15, 0.2) is 5.13 Å². The van der Waals surface area contributed by atoms with Gasteiger partial charge < -0.3 is 15.5 Å². The Labute approximate surface area is 223 Å². The first-order valence-electron chi connectivity index (χ1n) is 11.8. The van der Waals surface area contributed by atoms with Crippen LogP contribution in [0.15, 0.2) is 84.9 Å². The summed E-state index contributed by atoms with van der Waals surface area (Å²) in [7, 11) is 0. The molecular weight excluding hydrogens is 511 g/mol. The Morgan fingerprint density at radius 2 is 1.65 bits per heavy atom. The molecule has 5 rings (SSSR count). The molecule has 1 aliphatic rings. The maximum atomic E-state index is 14.4. The molecule has 9 heteroatoms. The van der Waals surface area contributed by atoms with Crippen LogP contribution in [0.5, 0.6) is 0 Å². The van der Waals surface area contributed by atoms with E-state index in [4.69, 9.17) is 16.6 Å². The fourth-order valence-corrected chi connectivity index (χ4v) is 5.53. The monoisotopic (exact) mass is 534 g/mol. The normalized spacial score (nSPS) is 17.0. The lowest BCUT2D eigenvalue weighted by Crippen LogP contribution is -2.45. The van der Waals surface area contributed by atoms with Crippen LogP contribution < -0.4 is 10.6 Å². The van der Waals surface area contributed by atoms with Gasteiger partial charge >= 0.3 is 6.03 Å². The van der Waals surface area contributed by atoms with E-state index < -0.39 is 24.2 Å². The predicted octanol–water partition coefficient (Wildman–Crippen LogP) is 6.64. The number of amides is 3. The molecule has 1 saturated heterocycles. The van der Waals surface area contributed by atoms with Gasteiger partial charge in [0.05, 0.1) is 22.9 Å². The summed E-state index contributed by atoms with van der Waals surface area (Å²) in [5, 5.41) is 6.28.